The highest BCUT2D eigenvalue weighted by Crippen LogP contribution is 2.25. The minimum absolute atomic E-state index is 0.118. The Balaban J connectivity index is 2.30. The average molecular weight is 317 g/mol. The summed E-state index contributed by atoms with van der Waals surface area (Å²) in [6.07, 6.45) is 0. The number of thiophene rings is 2. The zero-order valence-electron chi connectivity index (χ0n) is 9.86. The van der Waals surface area contributed by atoms with Gasteiger partial charge in [0.25, 0.3) is 10.0 Å². The molecule has 0 amide bonds. The standard InChI is InChI=1S/C11H11NO4S3/c1-7-4-5-9(18-7)19(15,16)12-10(11(13)14)8-3-2-6-17-8/h2-6,10,12H,1H3,(H,13,14). The Kier molecular flexibility index (Phi) is 4.04. The maximum atomic E-state index is 12.1. The summed E-state index contributed by atoms with van der Waals surface area (Å²) in [5, 5.41) is 10.8. The molecule has 0 spiro atoms. The van der Waals surface area contributed by atoms with Crippen LogP contribution in [0.4, 0.5) is 0 Å². The molecule has 0 aliphatic rings. The molecule has 0 aromatic carbocycles. The van der Waals surface area contributed by atoms with Crippen molar-refractivity contribution in [2.24, 2.45) is 0 Å². The van der Waals surface area contributed by atoms with Gasteiger partial charge in [0.2, 0.25) is 0 Å². The van der Waals surface area contributed by atoms with E-state index in [4.69, 9.17) is 5.11 Å². The third-order valence-corrected chi connectivity index (χ3v) is 6.18. The van der Waals surface area contributed by atoms with E-state index in [-0.39, 0.29) is 4.21 Å². The summed E-state index contributed by atoms with van der Waals surface area (Å²) in [7, 11) is -3.82. The van der Waals surface area contributed by atoms with Gasteiger partial charge in [0.05, 0.1) is 0 Å². The van der Waals surface area contributed by atoms with Gasteiger partial charge in [0, 0.05) is 9.75 Å². The molecule has 0 radical (unpaired) electrons. The largest absolute Gasteiger partial charge is 0.480 e. The first-order valence-electron chi connectivity index (χ1n) is 5.25. The molecule has 19 heavy (non-hydrogen) atoms. The number of nitrogens with one attached hydrogen (secondary N) is 1. The summed E-state index contributed by atoms with van der Waals surface area (Å²) in [4.78, 5) is 12.5. The molecule has 2 N–H and O–H groups in total. The first-order chi connectivity index (χ1) is 8.90. The van der Waals surface area contributed by atoms with Crippen LogP contribution in [-0.2, 0) is 14.8 Å². The van der Waals surface area contributed by atoms with E-state index in [0.29, 0.717) is 4.88 Å². The molecule has 0 aliphatic carbocycles. The Morgan fingerprint density at radius 1 is 1.37 bits per heavy atom. The van der Waals surface area contributed by atoms with Crippen LogP contribution in [0.2, 0.25) is 0 Å². The van der Waals surface area contributed by atoms with Gasteiger partial charge < -0.3 is 5.11 Å². The Morgan fingerprint density at radius 2 is 2.11 bits per heavy atom. The molecule has 2 rings (SSSR count). The van der Waals surface area contributed by atoms with Crippen LogP contribution in [0.1, 0.15) is 15.8 Å². The predicted molar refractivity (Wildman–Crippen MR) is 74.1 cm³/mol. The van der Waals surface area contributed by atoms with Gasteiger partial charge in [-0.15, -0.1) is 22.7 Å². The van der Waals surface area contributed by atoms with Crippen molar-refractivity contribution in [3.63, 3.8) is 0 Å². The number of rotatable bonds is 5. The van der Waals surface area contributed by atoms with Crippen molar-refractivity contribution >= 4 is 38.7 Å². The number of hydrogen-bond donors (Lipinski definition) is 2. The van der Waals surface area contributed by atoms with Crippen LogP contribution < -0.4 is 4.72 Å². The number of carboxylic acid groups (broad SMARTS) is 1. The Hall–Kier alpha value is -1.22. The van der Waals surface area contributed by atoms with Crippen molar-refractivity contribution < 1.29 is 18.3 Å². The maximum Gasteiger partial charge on any atom is 0.327 e. The lowest BCUT2D eigenvalue weighted by atomic mass is 10.3. The van der Waals surface area contributed by atoms with E-state index in [2.05, 4.69) is 4.72 Å². The molecule has 2 heterocycles. The van der Waals surface area contributed by atoms with Gasteiger partial charge in [-0.3, -0.25) is 4.79 Å². The molecular formula is C11H11NO4S3. The summed E-state index contributed by atoms with van der Waals surface area (Å²) >= 11 is 2.30. The normalized spacial score (nSPS) is 13.3. The third-order valence-electron chi connectivity index (χ3n) is 2.33. The van der Waals surface area contributed by atoms with Crippen molar-refractivity contribution in [2.45, 2.75) is 17.2 Å². The van der Waals surface area contributed by atoms with E-state index < -0.39 is 22.0 Å². The molecule has 1 unspecified atom stereocenters. The van der Waals surface area contributed by atoms with Crippen molar-refractivity contribution in [3.05, 3.63) is 39.4 Å². The van der Waals surface area contributed by atoms with E-state index in [1.54, 1.807) is 30.5 Å². The van der Waals surface area contributed by atoms with Crippen LogP contribution in [0.25, 0.3) is 0 Å². The lowest BCUT2D eigenvalue weighted by molar-refractivity contribution is -0.139. The molecule has 8 heteroatoms. The van der Waals surface area contributed by atoms with Crippen molar-refractivity contribution in [2.75, 3.05) is 0 Å². The van der Waals surface area contributed by atoms with Gasteiger partial charge in [-0.1, -0.05) is 6.07 Å². The van der Waals surface area contributed by atoms with Crippen molar-refractivity contribution in [3.8, 4) is 0 Å². The second-order valence-corrected chi connectivity index (χ2v) is 7.98. The first-order valence-corrected chi connectivity index (χ1v) is 8.43. The van der Waals surface area contributed by atoms with Crippen LogP contribution in [0.15, 0.2) is 33.9 Å². The fourth-order valence-corrected chi connectivity index (χ4v) is 4.77. The molecule has 0 fully saturated rings. The summed E-state index contributed by atoms with van der Waals surface area (Å²) < 4.78 is 26.5. The fourth-order valence-electron chi connectivity index (χ4n) is 1.46. The van der Waals surface area contributed by atoms with E-state index in [9.17, 15) is 13.2 Å². The molecular weight excluding hydrogens is 306 g/mol. The lowest BCUT2D eigenvalue weighted by Crippen LogP contribution is -2.32. The third kappa shape index (κ3) is 3.21. The Bertz CT molecular complexity index is 673. The zero-order chi connectivity index (χ0) is 14.0. The maximum absolute atomic E-state index is 12.1. The monoisotopic (exact) mass is 317 g/mol. The molecule has 2 aromatic rings. The molecule has 102 valence electrons. The predicted octanol–water partition coefficient (Wildman–Crippen LogP) is 2.22. The van der Waals surface area contributed by atoms with Crippen molar-refractivity contribution in [1.82, 2.24) is 4.72 Å². The highest BCUT2D eigenvalue weighted by Gasteiger charge is 2.28. The number of carbonyl (C=O) groups is 1. The quantitative estimate of drug-likeness (QED) is 0.885. The average Bonchev–Trinajstić information content (AvgIpc) is 2.96. The van der Waals surface area contributed by atoms with E-state index in [0.717, 1.165) is 16.2 Å². The topological polar surface area (TPSA) is 83.5 Å². The summed E-state index contributed by atoms with van der Waals surface area (Å²) in [5.41, 5.74) is 0. The van der Waals surface area contributed by atoms with Crippen LogP contribution in [0.3, 0.4) is 0 Å². The smallest absolute Gasteiger partial charge is 0.327 e. The van der Waals surface area contributed by atoms with Crippen molar-refractivity contribution in [1.29, 1.82) is 0 Å². The number of hydrogen-bond acceptors (Lipinski definition) is 5. The van der Waals surface area contributed by atoms with Gasteiger partial charge in [0.15, 0.2) is 6.04 Å². The SMILES string of the molecule is Cc1ccc(S(=O)(=O)NC(C(=O)O)c2cccs2)s1. The molecule has 5 nitrogen and oxygen atoms in total. The Morgan fingerprint density at radius 3 is 2.58 bits per heavy atom. The van der Waals surface area contributed by atoms with E-state index in [1.165, 1.54) is 17.4 Å². The zero-order valence-corrected chi connectivity index (χ0v) is 12.3. The van der Waals surface area contributed by atoms with Gasteiger partial charge in [-0.2, -0.15) is 4.72 Å². The summed E-state index contributed by atoms with van der Waals surface area (Å²) in [6.45, 7) is 1.79. The number of sulfonamides is 1. The molecule has 2 aromatic heterocycles. The second kappa shape index (κ2) is 5.41. The Labute approximate surface area is 118 Å². The molecule has 0 aliphatic heterocycles. The number of carboxylic acids is 1. The highest BCUT2D eigenvalue weighted by molar-refractivity contribution is 7.91. The van der Waals surface area contributed by atoms with Crippen LogP contribution >= 0.6 is 22.7 Å². The lowest BCUT2D eigenvalue weighted by Gasteiger charge is -2.12. The van der Waals surface area contributed by atoms with Gasteiger partial charge in [-0.05, 0) is 30.5 Å². The highest BCUT2D eigenvalue weighted by atomic mass is 32.2. The van der Waals surface area contributed by atoms with Gasteiger partial charge >= 0.3 is 5.97 Å². The summed E-state index contributed by atoms with van der Waals surface area (Å²) in [5.74, 6) is -1.22. The van der Waals surface area contributed by atoms with Crippen LogP contribution in [0, 0.1) is 6.92 Å². The van der Waals surface area contributed by atoms with E-state index >= 15 is 0 Å². The number of aliphatic carboxylic acids is 1. The molecule has 0 bridgehead atoms. The van der Waals surface area contributed by atoms with E-state index in [1.807, 2.05) is 0 Å². The molecule has 1 atom stereocenters. The fraction of sp³-hybridized carbons (Fsp3) is 0.182. The van der Waals surface area contributed by atoms with Gasteiger partial charge in [-0.25, -0.2) is 8.42 Å². The minimum atomic E-state index is -3.82. The second-order valence-electron chi connectivity index (χ2n) is 3.77. The van der Waals surface area contributed by atoms with Crippen LogP contribution in [0.5, 0.6) is 0 Å². The molecule has 0 saturated heterocycles. The first kappa shape index (κ1) is 14.2. The molecule has 0 saturated carbocycles. The van der Waals surface area contributed by atoms with Gasteiger partial charge in [0.1, 0.15) is 4.21 Å². The number of aryl methyl sites for hydroxylation is 1. The minimum Gasteiger partial charge on any atom is -0.480 e. The van der Waals surface area contributed by atoms with Crippen LogP contribution in [-0.4, -0.2) is 19.5 Å². The summed E-state index contributed by atoms with van der Waals surface area (Å²) in [6, 6.07) is 5.16.